The molecule has 0 amide bonds. The molecule has 0 aliphatic rings. The molecule has 58 valence electrons. The van der Waals surface area contributed by atoms with Crippen molar-refractivity contribution in [3.63, 3.8) is 0 Å². The normalized spacial score (nSPS) is 7.30. The Kier molecular flexibility index (Phi) is 8.66. The van der Waals surface area contributed by atoms with Crippen molar-refractivity contribution in [3.8, 4) is 0 Å². The third kappa shape index (κ3) is 3.77. The second-order valence-electron chi connectivity index (χ2n) is 1.62. The van der Waals surface area contributed by atoms with E-state index in [0.717, 1.165) is 0 Å². The van der Waals surface area contributed by atoms with E-state index in [1.165, 1.54) is 5.56 Å². The van der Waals surface area contributed by atoms with Crippen LogP contribution in [-0.4, -0.2) is 0 Å². The fraction of sp³-hybridized carbons (Fsp3) is 0.143. The number of hydrogen-bond acceptors (Lipinski definition) is 1. The van der Waals surface area contributed by atoms with Crippen LogP contribution in [0.1, 0.15) is 5.56 Å². The molecule has 0 bridgehead atoms. The summed E-state index contributed by atoms with van der Waals surface area (Å²) >= 11 is 5.53. The lowest BCUT2D eigenvalue weighted by Gasteiger charge is -1.88. The standard InChI is InChI=1S/C7H7Cl.H3N.H2S/c8-6-7-4-2-1-3-5-7;;/h1-5H,6H2;1H3;1H2. The Morgan fingerprint density at radius 2 is 1.60 bits per heavy atom. The molecule has 0 aliphatic heterocycles. The molecule has 0 aromatic heterocycles. The molecular formula is C7H12ClNS. The fourth-order valence-electron chi connectivity index (χ4n) is 0.567. The van der Waals surface area contributed by atoms with Gasteiger partial charge in [-0.2, -0.15) is 13.5 Å². The molecule has 0 heterocycles. The number of hydrogen-bond donors (Lipinski definition) is 1. The van der Waals surface area contributed by atoms with Gasteiger partial charge in [0, 0.05) is 5.88 Å². The average Bonchev–Trinajstić information content (AvgIpc) is 1.90. The lowest BCUT2D eigenvalue weighted by atomic mass is 10.2. The van der Waals surface area contributed by atoms with Crippen LogP contribution < -0.4 is 6.15 Å². The SMILES string of the molecule is ClCc1ccccc1.N.S. The zero-order valence-corrected chi connectivity index (χ0v) is 7.43. The molecule has 10 heavy (non-hydrogen) atoms. The van der Waals surface area contributed by atoms with E-state index in [9.17, 15) is 0 Å². The average molecular weight is 178 g/mol. The highest BCUT2D eigenvalue weighted by atomic mass is 35.5. The van der Waals surface area contributed by atoms with E-state index in [2.05, 4.69) is 0 Å². The summed E-state index contributed by atoms with van der Waals surface area (Å²) in [5, 5.41) is 0. The maximum Gasteiger partial charge on any atom is 0.0474 e. The van der Waals surface area contributed by atoms with Crippen molar-refractivity contribution in [2.24, 2.45) is 0 Å². The molecule has 3 heteroatoms. The second-order valence-corrected chi connectivity index (χ2v) is 1.89. The van der Waals surface area contributed by atoms with Gasteiger partial charge >= 0.3 is 0 Å². The maximum absolute atomic E-state index is 5.53. The maximum atomic E-state index is 5.53. The molecule has 0 fully saturated rings. The van der Waals surface area contributed by atoms with Crippen LogP contribution in [0.3, 0.4) is 0 Å². The van der Waals surface area contributed by atoms with E-state index in [4.69, 9.17) is 11.6 Å². The molecule has 0 spiro atoms. The molecule has 0 saturated heterocycles. The van der Waals surface area contributed by atoms with Crippen LogP contribution in [0.2, 0.25) is 0 Å². The summed E-state index contributed by atoms with van der Waals surface area (Å²) in [5.41, 5.74) is 1.18. The van der Waals surface area contributed by atoms with Crippen molar-refractivity contribution in [1.82, 2.24) is 6.15 Å². The Morgan fingerprint density at radius 1 is 1.10 bits per heavy atom. The summed E-state index contributed by atoms with van der Waals surface area (Å²) in [6.07, 6.45) is 0. The largest absolute Gasteiger partial charge is 0.344 e. The van der Waals surface area contributed by atoms with E-state index in [0.29, 0.717) is 5.88 Å². The number of rotatable bonds is 1. The Balaban J connectivity index is 0. The van der Waals surface area contributed by atoms with Gasteiger partial charge < -0.3 is 6.15 Å². The summed E-state index contributed by atoms with van der Waals surface area (Å²) in [7, 11) is 0. The zero-order valence-electron chi connectivity index (χ0n) is 5.68. The van der Waals surface area contributed by atoms with Gasteiger partial charge in [0.2, 0.25) is 0 Å². The topological polar surface area (TPSA) is 35.0 Å². The summed E-state index contributed by atoms with van der Waals surface area (Å²) in [4.78, 5) is 0. The summed E-state index contributed by atoms with van der Waals surface area (Å²) in [6.45, 7) is 0. The number of benzene rings is 1. The van der Waals surface area contributed by atoms with Crippen molar-refractivity contribution in [1.29, 1.82) is 0 Å². The first kappa shape index (κ1) is 12.5. The van der Waals surface area contributed by atoms with Gasteiger partial charge in [0.05, 0.1) is 0 Å². The Hall–Kier alpha value is -0.180. The van der Waals surface area contributed by atoms with Crippen LogP contribution in [0.25, 0.3) is 0 Å². The van der Waals surface area contributed by atoms with E-state index >= 15 is 0 Å². The van der Waals surface area contributed by atoms with Gasteiger partial charge in [0.25, 0.3) is 0 Å². The van der Waals surface area contributed by atoms with Crippen molar-refractivity contribution in [2.45, 2.75) is 5.88 Å². The van der Waals surface area contributed by atoms with Crippen LogP contribution in [0.15, 0.2) is 30.3 Å². The van der Waals surface area contributed by atoms with Gasteiger partial charge in [-0.1, -0.05) is 30.3 Å². The van der Waals surface area contributed by atoms with E-state index in [-0.39, 0.29) is 19.6 Å². The smallest absolute Gasteiger partial charge is 0.0474 e. The highest BCUT2D eigenvalue weighted by molar-refractivity contribution is 7.59. The zero-order chi connectivity index (χ0) is 5.82. The van der Waals surface area contributed by atoms with Gasteiger partial charge in [-0.05, 0) is 5.56 Å². The van der Waals surface area contributed by atoms with E-state index < -0.39 is 0 Å². The second kappa shape index (κ2) is 6.93. The molecule has 0 aliphatic carbocycles. The molecule has 0 unspecified atom stereocenters. The van der Waals surface area contributed by atoms with E-state index in [1.807, 2.05) is 30.3 Å². The van der Waals surface area contributed by atoms with Gasteiger partial charge in [-0.15, -0.1) is 11.6 Å². The monoisotopic (exact) mass is 177 g/mol. The van der Waals surface area contributed by atoms with Gasteiger partial charge in [-0.25, -0.2) is 0 Å². The molecular weight excluding hydrogens is 166 g/mol. The van der Waals surface area contributed by atoms with E-state index in [1.54, 1.807) is 0 Å². The molecule has 0 saturated carbocycles. The summed E-state index contributed by atoms with van der Waals surface area (Å²) in [6, 6.07) is 9.96. The van der Waals surface area contributed by atoms with Crippen LogP contribution in [0.4, 0.5) is 0 Å². The summed E-state index contributed by atoms with van der Waals surface area (Å²) in [5.74, 6) is 0.612. The minimum absolute atomic E-state index is 0. The van der Waals surface area contributed by atoms with Crippen molar-refractivity contribution in [3.05, 3.63) is 35.9 Å². The minimum Gasteiger partial charge on any atom is -0.344 e. The molecule has 1 nitrogen and oxygen atoms in total. The molecule has 1 aromatic carbocycles. The number of halogens is 1. The van der Waals surface area contributed by atoms with Crippen molar-refractivity contribution < 1.29 is 0 Å². The first-order chi connectivity index (χ1) is 3.93. The lowest BCUT2D eigenvalue weighted by molar-refractivity contribution is 1.41. The Labute approximate surface area is 73.4 Å². The first-order valence-corrected chi connectivity index (χ1v) is 3.07. The number of alkyl halides is 1. The quantitative estimate of drug-likeness (QED) is 0.658. The Morgan fingerprint density at radius 3 is 1.90 bits per heavy atom. The highest BCUT2D eigenvalue weighted by Gasteiger charge is 1.81. The van der Waals surface area contributed by atoms with Gasteiger partial charge in [-0.3, -0.25) is 0 Å². The Bertz CT molecular complexity index is 155. The van der Waals surface area contributed by atoms with Crippen LogP contribution in [-0.2, 0) is 5.88 Å². The van der Waals surface area contributed by atoms with Crippen LogP contribution >= 0.6 is 25.1 Å². The highest BCUT2D eigenvalue weighted by Crippen LogP contribution is 2.00. The molecule has 1 rings (SSSR count). The predicted molar refractivity (Wildman–Crippen MR) is 51.4 cm³/mol. The molecule has 3 N–H and O–H groups in total. The lowest BCUT2D eigenvalue weighted by Crippen LogP contribution is -1.71. The van der Waals surface area contributed by atoms with Crippen LogP contribution in [0, 0.1) is 0 Å². The molecule has 1 aromatic rings. The van der Waals surface area contributed by atoms with Gasteiger partial charge in [0.15, 0.2) is 0 Å². The molecule has 0 atom stereocenters. The third-order valence-electron chi connectivity index (χ3n) is 0.997. The van der Waals surface area contributed by atoms with Crippen molar-refractivity contribution in [2.75, 3.05) is 0 Å². The fourth-order valence-corrected chi connectivity index (χ4v) is 0.745. The first-order valence-electron chi connectivity index (χ1n) is 2.53. The predicted octanol–water partition coefficient (Wildman–Crippen LogP) is 2.70. The minimum atomic E-state index is 0. The van der Waals surface area contributed by atoms with Gasteiger partial charge in [0.1, 0.15) is 0 Å². The van der Waals surface area contributed by atoms with Crippen molar-refractivity contribution >= 4 is 25.1 Å². The van der Waals surface area contributed by atoms with Crippen LogP contribution in [0.5, 0.6) is 0 Å². The summed E-state index contributed by atoms with van der Waals surface area (Å²) < 4.78 is 0. The third-order valence-corrected chi connectivity index (χ3v) is 1.31. The molecule has 0 radical (unpaired) electrons.